The Morgan fingerprint density at radius 2 is 2.19 bits per heavy atom. The Bertz CT molecular complexity index is 681. The number of hydrazone groups is 2. The minimum atomic E-state index is -0.408. The summed E-state index contributed by atoms with van der Waals surface area (Å²) in [5.74, 6) is -0.483. The maximum atomic E-state index is 11.7. The van der Waals surface area contributed by atoms with Crippen molar-refractivity contribution in [3.63, 3.8) is 0 Å². The number of nitrogens with two attached hydrogens (primary N) is 1. The quantitative estimate of drug-likeness (QED) is 0.432. The van der Waals surface area contributed by atoms with Gasteiger partial charge in [0.1, 0.15) is 6.07 Å². The molecule has 1 aromatic carbocycles. The van der Waals surface area contributed by atoms with Crippen molar-refractivity contribution < 1.29 is 4.79 Å². The number of nitriles is 1. The van der Waals surface area contributed by atoms with E-state index in [1.165, 1.54) is 5.01 Å². The second kappa shape index (κ2) is 5.83. The van der Waals surface area contributed by atoms with Crippen molar-refractivity contribution >= 4 is 34.5 Å². The van der Waals surface area contributed by atoms with Crippen molar-refractivity contribution in [2.24, 2.45) is 15.9 Å². The summed E-state index contributed by atoms with van der Waals surface area (Å²) in [5, 5.41) is 25.1. The number of anilines is 2. The third-order valence-corrected chi connectivity index (χ3v) is 2.68. The molecule has 0 aromatic heterocycles. The first kappa shape index (κ1) is 14.2. The Balaban J connectivity index is 2.12. The third-order valence-electron chi connectivity index (χ3n) is 2.68. The maximum absolute atomic E-state index is 11.7. The number of carbonyl (C=O) groups excluding carboxylic acids is 1. The molecule has 0 bridgehead atoms. The Morgan fingerprint density at radius 1 is 1.52 bits per heavy atom. The number of nitrogens with one attached hydrogen (secondary N) is 2. The van der Waals surface area contributed by atoms with Gasteiger partial charge in [-0.05, 0) is 31.2 Å². The summed E-state index contributed by atoms with van der Waals surface area (Å²) in [6.45, 7) is 1.80. The minimum Gasteiger partial charge on any atom is -0.382 e. The van der Waals surface area contributed by atoms with E-state index in [-0.39, 0.29) is 11.6 Å². The highest BCUT2D eigenvalue weighted by Gasteiger charge is 2.22. The van der Waals surface area contributed by atoms with Gasteiger partial charge in [-0.25, -0.2) is 5.01 Å². The number of carbonyl (C=O) groups is 1. The van der Waals surface area contributed by atoms with Crippen molar-refractivity contribution in [3.8, 4) is 6.07 Å². The number of rotatable bonds is 4. The molecule has 0 aliphatic carbocycles. The van der Waals surface area contributed by atoms with Crippen LogP contribution in [0.5, 0.6) is 0 Å². The first-order valence-electron chi connectivity index (χ1n) is 6.06. The van der Waals surface area contributed by atoms with E-state index in [0.717, 1.165) is 5.71 Å². The predicted molar refractivity (Wildman–Crippen MR) is 80.2 cm³/mol. The number of hydrogen-bond donors (Lipinski definition) is 3. The largest absolute Gasteiger partial charge is 0.382 e. The molecule has 4 N–H and O–H groups in total. The molecule has 1 amide bonds. The number of amidine groups is 1. The van der Waals surface area contributed by atoms with Crippen LogP contribution in [0.4, 0.5) is 11.4 Å². The predicted octanol–water partition coefficient (Wildman–Crippen LogP) is 1.03. The zero-order valence-electron chi connectivity index (χ0n) is 11.3. The highest BCUT2D eigenvalue weighted by molar-refractivity contribution is 6.45. The molecule has 0 saturated heterocycles. The van der Waals surface area contributed by atoms with Crippen molar-refractivity contribution in [3.05, 3.63) is 24.3 Å². The van der Waals surface area contributed by atoms with Gasteiger partial charge in [-0.2, -0.15) is 15.5 Å². The molecule has 0 saturated carbocycles. The summed E-state index contributed by atoms with van der Waals surface area (Å²) < 4.78 is 0. The lowest BCUT2D eigenvalue weighted by Crippen LogP contribution is -2.22. The molecule has 2 rings (SSSR count). The maximum Gasteiger partial charge on any atom is 0.253 e. The highest BCUT2D eigenvalue weighted by atomic mass is 16.2. The smallest absolute Gasteiger partial charge is 0.253 e. The van der Waals surface area contributed by atoms with Gasteiger partial charge in [0, 0.05) is 5.71 Å². The lowest BCUT2D eigenvalue weighted by molar-refractivity contribution is -0.116. The van der Waals surface area contributed by atoms with E-state index in [1.54, 1.807) is 37.3 Å². The molecule has 8 nitrogen and oxygen atoms in total. The Kier molecular flexibility index (Phi) is 3.95. The normalized spacial score (nSPS) is 14.7. The van der Waals surface area contributed by atoms with E-state index >= 15 is 0 Å². The Morgan fingerprint density at radius 3 is 2.67 bits per heavy atom. The monoisotopic (exact) mass is 283 g/mol. The first-order valence-corrected chi connectivity index (χ1v) is 6.06. The van der Waals surface area contributed by atoms with Crippen molar-refractivity contribution in [2.75, 3.05) is 10.4 Å². The van der Waals surface area contributed by atoms with E-state index in [0.29, 0.717) is 17.8 Å². The molecule has 1 aliphatic rings. The molecule has 106 valence electrons. The van der Waals surface area contributed by atoms with E-state index in [4.69, 9.17) is 16.4 Å². The molecule has 0 fully saturated rings. The van der Waals surface area contributed by atoms with Crippen molar-refractivity contribution in [1.82, 2.24) is 0 Å². The number of amides is 1. The molecule has 1 aromatic rings. The zero-order chi connectivity index (χ0) is 15.4. The van der Waals surface area contributed by atoms with Gasteiger partial charge >= 0.3 is 0 Å². The fraction of sp³-hybridized carbons (Fsp3) is 0.154. The van der Waals surface area contributed by atoms with Crippen molar-refractivity contribution in [2.45, 2.75) is 13.3 Å². The summed E-state index contributed by atoms with van der Waals surface area (Å²) in [6, 6.07) is 8.49. The van der Waals surface area contributed by atoms with E-state index in [1.807, 2.05) is 0 Å². The first-order chi connectivity index (χ1) is 10.0. The fourth-order valence-electron chi connectivity index (χ4n) is 1.70. The Hall–Kier alpha value is -3.21. The number of hydrogen-bond acceptors (Lipinski definition) is 6. The van der Waals surface area contributed by atoms with Gasteiger partial charge in [-0.1, -0.05) is 0 Å². The summed E-state index contributed by atoms with van der Waals surface area (Å²) in [5.41, 5.74) is 9.62. The van der Waals surface area contributed by atoms with Gasteiger partial charge in [-0.15, -0.1) is 0 Å². The lowest BCUT2D eigenvalue weighted by Gasteiger charge is -2.12. The number of benzene rings is 1. The van der Waals surface area contributed by atoms with Gasteiger partial charge < -0.3 is 5.73 Å². The van der Waals surface area contributed by atoms with Crippen LogP contribution in [0.3, 0.4) is 0 Å². The summed E-state index contributed by atoms with van der Waals surface area (Å²) in [6.07, 6.45) is 0.328. The van der Waals surface area contributed by atoms with Gasteiger partial charge in [-0.3, -0.25) is 15.6 Å². The lowest BCUT2D eigenvalue weighted by atomic mass is 10.2. The molecule has 1 aliphatic heterocycles. The standard InChI is InChI=1S/C13H13N7O/c1-8-6-12(21)20(19-8)10-4-2-9(3-5-10)17-18-11(7-14)13(15)16/h2-5,17H,6H2,1H3,(H3,15,16)/b18-11+. The molecular weight excluding hydrogens is 270 g/mol. The van der Waals surface area contributed by atoms with Gasteiger partial charge in [0.15, 0.2) is 5.84 Å². The molecular formula is C13H13N7O. The molecule has 1 heterocycles. The third kappa shape index (κ3) is 3.22. The molecule has 0 spiro atoms. The summed E-state index contributed by atoms with van der Waals surface area (Å²) in [4.78, 5) is 11.7. The van der Waals surface area contributed by atoms with Crippen LogP contribution in [0, 0.1) is 16.7 Å². The second-order valence-electron chi connectivity index (χ2n) is 4.36. The SMILES string of the molecule is CC1=NN(c2ccc(N/N=C(\C#N)C(=N)N)cc2)C(=O)C1. The molecule has 0 unspecified atom stereocenters. The average Bonchev–Trinajstić information content (AvgIpc) is 2.79. The van der Waals surface area contributed by atoms with Crippen LogP contribution in [0.2, 0.25) is 0 Å². The molecule has 0 radical (unpaired) electrons. The number of nitrogens with zero attached hydrogens (tertiary/aromatic N) is 4. The van der Waals surface area contributed by atoms with Crippen LogP contribution >= 0.6 is 0 Å². The van der Waals surface area contributed by atoms with Gasteiger partial charge in [0.05, 0.1) is 17.8 Å². The summed E-state index contributed by atoms with van der Waals surface area (Å²) >= 11 is 0. The molecule has 0 atom stereocenters. The molecule has 21 heavy (non-hydrogen) atoms. The van der Waals surface area contributed by atoms with Crippen molar-refractivity contribution in [1.29, 1.82) is 10.7 Å². The highest BCUT2D eigenvalue weighted by Crippen LogP contribution is 2.22. The van der Waals surface area contributed by atoms with Crippen LogP contribution < -0.4 is 16.2 Å². The summed E-state index contributed by atoms with van der Waals surface area (Å²) in [7, 11) is 0. The van der Waals surface area contributed by atoms with Crippen LogP contribution in [0.15, 0.2) is 34.5 Å². The van der Waals surface area contributed by atoms with Crippen LogP contribution in [-0.2, 0) is 4.79 Å². The van der Waals surface area contributed by atoms with Gasteiger partial charge in [0.2, 0.25) is 5.71 Å². The van der Waals surface area contributed by atoms with Crippen LogP contribution in [0.25, 0.3) is 0 Å². The fourth-order valence-corrected chi connectivity index (χ4v) is 1.70. The topological polar surface area (TPSA) is 131 Å². The van der Waals surface area contributed by atoms with Gasteiger partial charge in [0.25, 0.3) is 5.91 Å². The minimum absolute atomic E-state index is 0.0745. The van der Waals surface area contributed by atoms with E-state index < -0.39 is 5.84 Å². The van der Waals surface area contributed by atoms with E-state index in [2.05, 4.69) is 15.6 Å². The van der Waals surface area contributed by atoms with Crippen LogP contribution in [-0.4, -0.2) is 23.2 Å². The Labute approximate surface area is 121 Å². The zero-order valence-corrected chi connectivity index (χ0v) is 11.3. The van der Waals surface area contributed by atoms with E-state index in [9.17, 15) is 4.79 Å². The average molecular weight is 283 g/mol. The second-order valence-corrected chi connectivity index (χ2v) is 4.36. The van der Waals surface area contributed by atoms with Crippen LogP contribution in [0.1, 0.15) is 13.3 Å². The molecule has 8 heteroatoms.